The van der Waals surface area contributed by atoms with Crippen molar-refractivity contribution < 1.29 is 4.79 Å². The van der Waals surface area contributed by atoms with Crippen LogP contribution in [0.15, 0.2) is 27.7 Å². The van der Waals surface area contributed by atoms with Crippen molar-refractivity contribution in [2.75, 3.05) is 19.3 Å². The number of hydrogen-bond donors (Lipinski definition) is 2. The smallest absolute Gasteiger partial charge is 0.120 e. The van der Waals surface area contributed by atoms with Crippen molar-refractivity contribution in [1.82, 2.24) is 5.32 Å². The Hall–Kier alpha value is -1.20. The highest BCUT2D eigenvalue weighted by Gasteiger charge is 2.03. The lowest BCUT2D eigenvalue weighted by molar-refractivity contribution is -0.108. The van der Waals surface area contributed by atoms with Gasteiger partial charge < -0.3 is 15.8 Å². The van der Waals surface area contributed by atoms with Crippen LogP contribution in [0.1, 0.15) is 18.4 Å². The van der Waals surface area contributed by atoms with Gasteiger partial charge in [0, 0.05) is 34.4 Å². The Labute approximate surface area is 116 Å². The van der Waals surface area contributed by atoms with E-state index in [1.165, 1.54) is 0 Å². The number of aliphatic imine (C=N–C) groups is 1. The van der Waals surface area contributed by atoms with Gasteiger partial charge in [-0.05, 0) is 31.7 Å². The van der Waals surface area contributed by atoms with Crippen LogP contribution in [-0.2, 0) is 4.79 Å². The molecule has 0 saturated carbocycles. The van der Waals surface area contributed by atoms with Crippen LogP contribution in [0.2, 0.25) is 0 Å². The van der Waals surface area contributed by atoms with Crippen LogP contribution in [-0.4, -0.2) is 32.1 Å². The number of nitrogens with one attached hydrogen (secondary N) is 1. The van der Waals surface area contributed by atoms with Gasteiger partial charge in [0.1, 0.15) is 6.29 Å². The molecule has 0 saturated heterocycles. The van der Waals surface area contributed by atoms with Crippen molar-refractivity contribution in [2.24, 2.45) is 4.99 Å². The molecule has 0 radical (unpaired) electrons. The van der Waals surface area contributed by atoms with E-state index < -0.39 is 0 Å². The first kappa shape index (κ1) is 14.9. The second kappa shape index (κ2) is 8.00. The van der Waals surface area contributed by atoms with Crippen molar-refractivity contribution in [3.63, 3.8) is 0 Å². The predicted octanol–water partition coefficient (Wildman–Crippen LogP) is 2.02. The zero-order chi connectivity index (χ0) is 13.4. The molecule has 0 bridgehead atoms. The minimum absolute atomic E-state index is 0.222. The lowest BCUT2D eigenvalue weighted by Crippen LogP contribution is -2.28. The fourth-order valence-corrected chi connectivity index (χ4v) is 1.91. The predicted molar refractivity (Wildman–Crippen MR) is 79.2 cm³/mol. The molecule has 3 N–H and O–H groups in total. The van der Waals surface area contributed by atoms with Crippen LogP contribution in [0.25, 0.3) is 0 Å². The van der Waals surface area contributed by atoms with E-state index in [4.69, 9.17) is 5.73 Å². The number of carbonyl (C=O) groups is 1. The number of benzene rings is 1. The lowest BCUT2D eigenvalue weighted by atomic mass is 10.1. The molecule has 18 heavy (non-hydrogen) atoms. The van der Waals surface area contributed by atoms with Crippen LogP contribution in [0.5, 0.6) is 0 Å². The maximum atomic E-state index is 10.3. The first-order chi connectivity index (χ1) is 8.67. The van der Waals surface area contributed by atoms with E-state index in [0.717, 1.165) is 22.7 Å². The van der Waals surface area contributed by atoms with Crippen molar-refractivity contribution in [2.45, 2.75) is 18.9 Å². The number of halogens is 1. The molecule has 5 heteroatoms. The van der Waals surface area contributed by atoms with E-state index >= 15 is 0 Å². The van der Waals surface area contributed by atoms with E-state index in [2.05, 4.69) is 26.2 Å². The maximum Gasteiger partial charge on any atom is 0.120 e. The second-order valence-electron chi connectivity index (χ2n) is 4.00. The van der Waals surface area contributed by atoms with Gasteiger partial charge in [-0.2, -0.15) is 0 Å². The number of hydrogen-bond acceptors (Lipinski definition) is 4. The molecule has 0 aliphatic heterocycles. The highest BCUT2D eigenvalue weighted by Crippen LogP contribution is 2.16. The normalized spacial score (nSPS) is 12.8. The van der Waals surface area contributed by atoms with Gasteiger partial charge in [0.25, 0.3) is 0 Å². The SMILES string of the molecule is CNC(CCC=O)CN=Cc1cc(Br)ccc1N. The Morgan fingerprint density at radius 3 is 3.00 bits per heavy atom. The molecule has 0 aliphatic carbocycles. The van der Waals surface area contributed by atoms with Crippen LogP contribution < -0.4 is 11.1 Å². The van der Waals surface area contributed by atoms with Gasteiger partial charge in [0.2, 0.25) is 0 Å². The summed E-state index contributed by atoms with van der Waals surface area (Å²) < 4.78 is 0.976. The number of aldehydes is 1. The number of nitrogens with zero attached hydrogens (tertiary/aromatic N) is 1. The number of carbonyl (C=O) groups excluding carboxylic acids is 1. The fourth-order valence-electron chi connectivity index (χ4n) is 1.53. The summed E-state index contributed by atoms with van der Waals surface area (Å²) in [6.07, 6.45) is 4.05. The highest BCUT2D eigenvalue weighted by molar-refractivity contribution is 9.10. The third kappa shape index (κ3) is 4.98. The van der Waals surface area contributed by atoms with Gasteiger partial charge in [-0.15, -0.1) is 0 Å². The molecule has 4 nitrogen and oxygen atoms in total. The molecule has 1 rings (SSSR count). The summed E-state index contributed by atoms with van der Waals surface area (Å²) in [4.78, 5) is 14.7. The Morgan fingerprint density at radius 1 is 1.56 bits per heavy atom. The molecule has 1 unspecified atom stereocenters. The maximum absolute atomic E-state index is 10.3. The zero-order valence-electron chi connectivity index (χ0n) is 10.4. The number of nitrogens with two attached hydrogens (primary N) is 1. The number of anilines is 1. The Kier molecular flexibility index (Phi) is 6.60. The molecular formula is C13H18BrN3O. The molecular weight excluding hydrogens is 294 g/mol. The van der Waals surface area contributed by atoms with E-state index in [1.807, 2.05) is 25.2 Å². The summed E-state index contributed by atoms with van der Waals surface area (Å²) in [6.45, 7) is 0.635. The zero-order valence-corrected chi connectivity index (χ0v) is 12.0. The number of rotatable bonds is 7. The molecule has 0 aliphatic rings. The Morgan fingerprint density at radius 2 is 2.33 bits per heavy atom. The first-order valence-electron chi connectivity index (χ1n) is 5.83. The molecule has 0 aromatic heterocycles. The average molecular weight is 312 g/mol. The monoisotopic (exact) mass is 311 g/mol. The third-order valence-electron chi connectivity index (χ3n) is 2.65. The number of nitrogen functional groups attached to an aromatic ring is 1. The van der Waals surface area contributed by atoms with Crippen molar-refractivity contribution in [3.8, 4) is 0 Å². The van der Waals surface area contributed by atoms with Gasteiger partial charge >= 0.3 is 0 Å². The Balaban J connectivity index is 2.57. The standard InChI is InChI=1S/C13H18BrN3O/c1-16-12(3-2-6-18)9-17-8-10-7-11(14)4-5-13(10)15/h4-8,12,16H,2-3,9,15H2,1H3. The van der Waals surface area contributed by atoms with Gasteiger partial charge in [-0.3, -0.25) is 4.99 Å². The summed E-state index contributed by atoms with van der Waals surface area (Å²) in [5.74, 6) is 0. The topological polar surface area (TPSA) is 67.5 Å². The van der Waals surface area contributed by atoms with Gasteiger partial charge in [0.15, 0.2) is 0 Å². The summed E-state index contributed by atoms with van der Waals surface area (Å²) >= 11 is 3.40. The largest absolute Gasteiger partial charge is 0.398 e. The van der Waals surface area contributed by atoms with Crippen LogP contribution in [0.4, 0.5) is 5.69 Å². The molecule has 1 aromatic carbocycles. The van der Waals surface area contributed by atoms with E-state index in [9.17, 15) is 4.79 Å². The molecule has 1 atom stereocenters. The fraction of sp³-hybridized carbons (Fsp3) is 0.385. The average Bonchev–Trinajstić information content (AvgIpc) is 2.37. The summed E-state index contributed by atoms with van der Waals surface area (Å²) in [7, 11) is 1.87. The number of likely N-dealkylation sites (N-methyl/N-ethyl adjacent to an activating group) is 1. The molecule has 0 amide bonds. The molecule has 98 valence electrons. The lowest BCUT2D eigenvalue weighted by Gasteiger charge is -2.11. The van der Waals surface area contributed by atoms with Gasteiger partial charge in [-0.25, -0.2) is 0 Å². The molecule has 0 fully saturated rings. The second-order valence-corrected chi connectivity index (χ2v) is 4.91. The third-order valence-corrected chi connectivity index (χ3v) is 3.14. The van der Waals surface area contributed by atoms with Crippen molar-refractivity contribution in [1.29, 1.82) is 0 Å². The van der Waals surface area contributed by atoms with E-state index in [-0.39, 0.29) is 6.04 Å². The minimum atomic E-state index is 0.222. The van der Waals surface area contributed by atoms with Crippen LogP contribution >= 0.6 is 15.9 Å². The Bertz CT molecular complexity index is 421. The van der Waals surface area contributed by atoms with Gasteiger partial charge in [0.05, 0.1) is 6.54 Å². The summed E-state index contributed by atoms with van der Waals surface area (Å²) in [5, 5.41) is 3.14. The van der Waals surface area contributed by atoms with Crippen LogP contribution in [0.3, 0.4) is 0 Å². The van der Waals surface area contributed by atoms with E-state index in [0.29, 0.717) is 18.7 Å². The van der Waals surface area contributed by atoms with Crippen LogP contribution in [0, 0.1) is 0 Å². The quantitative estimate of drug-likeness (QED) is 0.460. The van der Waals surface area contributed by atoms with Crippen molar-refractivity contribution in [3.05, 3.63) is 28.2 Å². The molecule has 1 aromatic rings. The molecule has 0 spiro atoms. The minimum Gasteiger partial charge on any atom is -0.398 e. The highest BCUT2D eigenvalue weighted by atomic mass is 79.9. The summed E-state index contributed by atoms with van der Waals surface area (Å²) in [6, 6.07) is 5.89. The first-order valence-corrected chi connectivity index (χ1v) is 6.62. The molecule has 0 heterocycles. The summed E-state index contributed by atoms with van der Waals surface area (Å²) in [5.41, 5.74) is 7.45. The van der Waals surface area contributed by atoms with Gasteiger partial charge in [-0.1, -0.05) is 15.9 Å². The van der Waals surface area contributed by atoms with E-state index in [1.54, 1.807) is 6.21 Å². The van der Waals surface area contributed by atoms with Crippen molar-refractivity contribution >= 4 is 34.1 Å².